The van der Waals surface area contributed by atoms with Crippen LogP contribution in [0.5, 0.6) is 0 Å². The van der Waals surface area contributed by atoms with E-state index in [1.165, 1.54) is 5.56 Å². The number of anilines is 1. The van der Waals surface area contributed by atoms with Crippen molar-refractivity contribution in [2.45, 2.75) is 19.5 Å². The van der Waals surface area contributed by atoms with Crippen LogP contribution in [0.1, 0.15) is 12.5 Å². The summed E-state index contributed by atoms with van der Waals surface area (Å²) < 4.78 is 5.87. The first-order valence-electron chi connectivity index (χ1n) is 8.03. The van der Waals surface area contributed by atoms with E-state index in [1.54, 1.807) is 12.4 Å². The van der Waals surface area contributed by atoms with Crippen molar-refractivity contribution in [3.63, 3.8) is 0 Å². The maximum absolute atomic E-state index is 5.87. The van der Waals surface area contributed by atoms with Gasteiger partial charge in [-0.3, -0.25) is 9.88 Å². The number of rotatable bonds is 3. The minimum Gasteiger partial charge on any atom is -0.422 e. The molecule has 2 aromatic heterocycles. The number of fused-ring (bicyclic) bond motifs is 1. The lowest BCUT2D eigenvalue weighted by atomic mass is 10.1. The highest BCUT2D eigenvalue weighted by Gasteiger charge is 2.27. The van der Waals surface area contributed by atoms with E-state index in [0.29, 0.717) is 12.1 Å². The Balaban J connectivity index is 1.46. The number of piperazine rings is 1. The van der Waals surface area contributed by atoms with Crippen LogP contribution < -0.4 is 4.90 Å². The molecule has 3 heterocycles. The molecule has 0 aliphatic carbocycles. The summed E-state index contributed by atoms with van der Waals surface area (Å²) in [6, 6.07) is 13.6. The topological polar surface area (TPSA) is 45.4 Å². The van der Waals surface area contributed by atoms with Gasteiger partial charge >= 0.3 is 0 Å². The van der Waals surface area contributed by atoms with Crippen LogP contribution >= 0.6 is 0 Å². The number of hydrogen-bond donors (Lipinski definition) is 0. The number of nitrogens with zero attached hydrogens (tertiary/aromatic N) is 4. The predicted octanol–water partition coefficient (Wildman–Crippen LogP) is 2.93. The molecule has 3 aromatic rings. The fourth-order valence-electron chi connectivity index (χ4n) is 3.19. The summed E-state index contributed by atoms with van der Waals surface area (Å²) in [6.07, 6.45) is 3.47. The summed E-state index contributed by atoms with van der Waals surface area (Å²) in [7, 11) is 0. The summed E-state index contributed by atoms with van der Waals surface area (Å²) in [5.41, 5.74) is 2.98. The van der Waals surface area contributed by atoms with Gasteiger partial charge in [0.25, 0.3) is 6.01 Å². The third kappa shape index (κ3) is 2.92. The Morgan fingerprint density at radius 1 is 1.17 bits per heavy atom. The Morgan fingerprint density at radius 2 is 2.04 bits per heavy atom. The normalized spacial score (nSPS) is 19.3. The Morgan fingerprint density at radius 3 is 2.83 bits per heavy atom. The zero-order chi connectivity index (χ0) is 15.6. The monoisotopic (exact) mass is 308 g/mol. The fourth-order valence-corrected chi connectivity index (χ4v) is 3.19. The Hall–Kier alpha value is -2.40. The molecule has 0 spiro atoms. The second-order valence-corrected chi connectivity index (χ2v) is 6.10. The van der Waals surface area contributed by atoms with Gasteiger partial charge in [0.1, 0.15) is 5.52 Å². The van der Waals surface area contributed by atoms with Crippen LogP contribution in [0.25, 0.3) is 11.1 Å². The lowest BCUT2D eigenvalue weighted by Gasteiger charge is -2.39. The van der Waals surface area contributed by atoms with Crippen LogP contribution in [-0.4, -0.2) is 40.5 Å². The van der Waals surface area contributed by atoms with E-state index in [4.69, 9.17) is 4.42 Å². The van der Waals surface area contributed by atoms with Crippen LogP contribution in [0.15, 0.2) is 53.2 Å². The van der Waals surface area contributed by atoms with Gasteiger partial charge in [0.05, 0.1) is 6.20 Å². The highest BCUT2D eigenvalue weighted by atomic mass is 16.4. The second-order valence-electron chi connectivity index (χ2n) is 6.10. The number of benzene rings is 1. The molecule has 4 rings (SSSR count). The van der Waals surface area contributed by atoms with Gasteiger partial charge in [0.15, 0.2) is 5.58 Å². The second kappa shape index (κ2) is 6.01. The van der Waals surface area contributed by atoms with Crippen LogP contribution in [-0.2, 0) is 6.54 Å². The number of hydrogen-bond acceptors (Lipinski definition) is 5. The maximum atomic E-state index is 5.87. The molecular formula is C18H20N4O. The zero-order valence-corrected chi connectivity index (χ0v) is 13.2. The molecular weight excluding hydrogens is 288 g/mol. The first-order chi connectivity index (χ1) is 11.3. The van der Waals surface area contributed by atoms with Crippen LogP contribution in [0, 0.1) is 0 Å². The molecule has 1 saturated heterocycles. The molecule has 0 saturated carbocycles. The minimum atomic E-state index is 0.369. The lowest BCUT2D eigenvalue weighted by molar-refractivity contribution is 0.216. The third-order valence-electron chi connectivity index (χ3n) is 4.39. The van der Waals surface area contributed by atoms with Crippen LogP contribution in [0.2, 0.25) is 0 Å². The molecule has 0 amide bonds. The quantitative estimate of drug-likeness (QED) is 0.744. The molecule has 1 aromatic carbocycles. The van der Waals surface area contributed by atoms with E-state index in [2.05, 4.69) is 57.0 Å². The van der Waals surface area contributed by atoms with Gasteiger partial charge in [-0.05, 0) is 18.6 Å². The summed E-state index contributed by atoms with van der Waals surface area (Å²) >= 11 is 0. The largest absolute Gasteiger partial charge is 0.422 e. The van der Waals surface area contributed by atoms with Crippen molar-refractivity contribution in [2.75, 3.05) is 24.5 Å². The minimum absolute atomic E-state index is 0.369. The Bertz CT molecular complexity index is 753. The Labute approximate surface area is 135 Å². The molecule has 0 radical (unpaired) electrons. The van der Waals surface area contributed by atoms with Gasteiger partial charge in [-0.25, -0.2) is 0 Å². The van der Waals surface area contributed by atoms with Crippen molar-refractivity contribution in [1.29, 1.82) is 0 Å². The van der Waals surface area contributed by atoms with E-state index >= 15 is 0 Å². The van der Waals surface area contributed by atoms with E-state index in [0.717, 1.165) is 37.3 Å². The van der Waals surface area contributed by atoms with Crippen molar-refractivity contribution in [3.8, 4) is 0 Å². The van der Waals surface area contributed by atoms with E-state index in [9.17, 15) is 0 Å². The van der Waals surface area contributed by atoms with E-state index < -0.39 is 0 Å². The fraction of sp³-hybridized carbons (Fsp3) is 0.333. The highest BCUT2D eigenvalue weighted by Crippen LogP contribution is 2.24. The molecule has 0 bridgehead atoms. The molecule has 5 heteroatoms. The molecule has 5 nitrogen and oxygen atoms in total. The molecule has 118 valence electrons. The number of aromatic nitrogens is 2. The summed E-state index contributed by atoms with van der Waals surface area (Å²) in [6.45, 7) is 6.16. The van der Waals surface area contributed by atoms with E-state index in [-0.39, 0.29) is 0 Å². The first-order valence-corrected chi connectivity index (χ1v) is 8.03. The standard InChI is InChI=1S/C18H20N4O/c1-14-12-21(13-15-5-3-2-4-6-15)9-10-22(14)18-20-16-7-8-19-11-17(16)23-18/h2-8,11,14H,9-10,12-13H2,1H3/t14-/m0/s1. The van der Waals surface area contributed by atoms with Gasteiger partial charge in [-0.1, -0.05) is 30.3 Å². The van der Waals surface area contributed by atoms with Gasteiger partial charge in [-0.2, -0.15) is 4.98 Å². The summed E-state index contributed by atoms with van der Waals surface area (Å²) in [5, 5.41) is 0. The zero-order valence-electron chi connectivity index (χ0n) is 13.2. The smallest absolute Gasteiger partial charge is 0.298 e. The number of oxazole rings is 1. The van der Waals surface area contributed by atoms with Crippen molar-refractivity contribution in [2.24, 2.45) is 0 Å². The van der Waals surface area contributed by atoms with Crippen LogP contribution in [0.3, 0.4) is 0 Å². The molecule has 1 aliphatic rings. The molecule has 1 aliphatic heterocycles. The van der Waals surface area contributed by atoms with Crippen LogP contribution in [0.4, 0.5) is 6.01 Å². The third-order valence-corrected chi connectivity index (χ3v) is 4.39. The SMILES string of the molecule is C[C@H]1CN(Cc2ccccc2)CCN1c1nc2ccncc2o1. The van der Waals surface area contributed by atoms with Crippen molar-refractivity contribution in [3.05, 3.63) is 54.4 Å². The lowest BCUT2D eigenvalue weighted by Crippen LogP contribution is -2.51. The summed E-state index contributed by atoms with van der Waals surface area (Å²) in [4.78, 5) is 13.4. The molecule has 0 N–H and O–H groups in total. The summed E-state index contributed by atoms with van der Waals surface area (Å²) in [5.74, 6) is 0. The highest BCUT2D eigenvalue weighted by molar-refractivity contribution is 5.73. The van der Waals surface area contributed by atoms with Gasteiger partial charge in [0.2, 0.25) is 0 Å². The van der Waals surface area contributed by atoms with Crippen molar-refractivity contribution in [1.82, 2.24) is 14.9 Å². The molecule has 1 fully saturated rings. The number of pyridine rings is 1. The van der Waals surface area contributed by atoms with E-state index in [1.807, 2.05) is 6.07 Å². The van der Waals surface area contributed by atoms with Gasteiger partial charge in [0, 0.05) is 38.4 Å². The van der Waals surface area contributed by atoms with Crippen molar-refractivity contribution >= 4 is 17.1 Å². The molecule has 1 atom stereocenters. The van der Waals surface area contributed by atoms with Gasteiger partial charge in [-0.15, -0.1) is 0 Å². The average Bonchev–Trinajstić information content (AvgIpc) is 2.99. The Kier molecular flexibility index (Phi) is 3.71. The first kappa shape index (κ1) is 14.2. The average molecular weight is 308 g/mol. The molecule has 23 heavy (non-hydrogen) atoms. The van der Waals surface area contributed by atoms with Gasteiger partial charge < -0.3 is 9.32 Å². The van der Waals surface area contributed by atoms with Crippen molar-refractivity contribution < 1.29 is 4.42 Å². The molecule has 0 unspecified atom stereocenters. The maximum Gasteiger partial charge on any atom is 0.298 e. The predicted molar refractivity (Wildman–Crippen MR) is 90.3 cm³/mol.